The van der Waals surface area contributed by atoms with Crippen molar-refractivity contribution in [3.8, 4) is 5.75 Å². The first-order valence-electron chi connectivity index (χ1n) is 12.2. The van der Waals surface area contributed by atoms with Crippen molar-refractivity contribution in [2.45, 2.75) is 56.0 Å². The van der Waals surface area contributed by atoms with E-state index in [4.69, 9.17) is 4.74 Å². The van der Waals surface area contributed by atoms with Gasteiger partial charge in [0.05, 0.1) is 12.0 Å². The Kier molecular flexibility index (Phi) is 6.53. The predicted octanol–water partition coefficient (Wildman–Crippen LogP) is 2.47. The lowest BCUT2D eigenvalue weighted by molar-refractivity contribution is -0.136. The number of fused-ring (bicyclic) bond motifs is 1. The number of imide groups is 1. The summed E-state index contributed by atoms with van der Waals surface area (Å²) < 4.78 is 47.9. The number of amides is 3. The van der Waals surface area contributed by atoms with Gasteiger partial charge in [0.15, 0.2) is 0 Å². The normalized spacial score (nSPS) is 21.2. The van der Waals surface area contributed by atoms with Crippen molar-refractivity contribution in [2.75, 3.05) is 20.2 Å². The summed E-state index contributed by atoms with van der Waals surface area (Å²) in [6.07, 6.45) is 1.29. The summed E-state index contributed by atoms with van der Waals surface area (Å²) in [7, 11) is -2.24. The number of hydrogen-bond donors (Lipinski definition) is 1. The quantitative estimate of drug-likeness (QED) is 0.596. The lowest BCUT2D eigenvalue weighted by atomic mass is 9.86. The van der Waals surface area contributed by atoms with Gasteiger partial charge in [0.1, 0.15) is 17.6 Å². The van der Waals surface area contributed by atoms with E-state index in [-0.39, 0.29) is 54.8 Å². The average molecular weight is 530 g/mol. The molecule has 196 valence electrons. The zero-order valence-corrected chi connectivity index (χ0v) is 21.4. The van der Waals surface area contributed by atoms with E-state index in [9.17, 15) is 27.2 Å². The first-order chi connectivity index (χ1) is 17.6. The Bertz CT molecular complexity index is 1400. The number of nitrogens with zero attached hydrogens (tertiary/aromatic N) is 2. The van der Waals surface area contributed by atoms with Gasteiger partial charge in [-0.1, -0.05) is 6.07 Å². The molecule has 5 rings (SSSR count). The van der Waals surface area contributed by atoms with Gasteiger partial charge in [-0.2, -0.15) is 4.31 Å². The summed E-state index contributed by atoms with van der Waals surface area (Å²) in [5.41, 5.74) is 2.40. The fourth-order valence-corrected chi connectivity index (χ4v) is 7.02. The molecule has 3 amide bonds. The van der Waals surface area contributed by atoms with E-state index in [2.05, 4.69) is 5.32 Å². The van der Waals surface area contributed by atoms with E-state index in [0.29, 0.717) is 29.7 Å². The standard InChI is InChI=1S/C26H28FN3O6S/c1-15-3-4-18(13-23(15)36-2)37(34,35)29-9-7-16(8-10-29)19-11-17(27)12-20-21(19)14-30(26(20)33)22-5-6-24(31)28-25(22)32/h3-4,11-13,16,22H,5-10,14H2,1-2H3,(H,28,31,32). The Labute approximate surface area is 214 Å². The molecular weight excluding hydrogens is 501 g/mol. The van der Waals surface area contributed by atoms with Crippen LogP contribution in [0.3, 0.4) is 0 Å². The zero-order chi connectivity index (χ0) is 26.5. The molecule has 1 atom stereocenters. The third kappa shape index (κ3) is 4.50. The highest BCUT2D eigenvalue weighted by molar-refractivity contribution is 7.89. The van der Waals surface area contributed by atoms with Crippen LogP contribution in [0, 0.1) is 12.7 Å². The van der Waals surface area contributed by atoms with Gasteiger partial charge in [-0.05, 0) is 67.0 Å². The lowest BCUT2D eigenvalue weighted by Crippen LogP contribution is -2.52. The fraction of sp³-hybridized carbons (Fsp3) is 0.423. The molecule has 0 bridgehead atoms. The lowest BCUT2D eigenvalue weighted by Gasteiger charge is -2.32. The summed E-state index contributed by atoms with van der Waals surface area (Å²) in [5, 5.41) is 2.27. The first-order valence-corrected chi connectivity index (χ1v) is 13.7. The largest absolute Gasteiger partial charge is 0.496 e. The highest BCUT2D eigenvalue weighted by Gasteiger charge is 2.41. The van der Waals surface area contributed by atoms with Crippen LogP contribution < -0.4 is 10.1 Å². The molecule has 0 aliphatic carbocycles. The molecule has 11 heteroatoms. The SMILES string of the molecule is COc1cc(S(=O)(=O)N2CCC(c3cc(F)cc4c3CN(C3CCC(=O)NC3=O)C4=O)CC2)ccc1C. The topological polar surface area (TPSA) is 113 Å². The number of halogens is 1. The van der Waals surface area contributed by atoms with Crippen LogP contribution in [-0.4, -0.2) is 61.6 Å². The van der Waals surface area contributed by atoms with Crippen LogP contribution in [0.4, 0.5) is 4.39 Å². The van der Waals surface area contributed by atoms with Gasteiger partial charge in [-0.15, -0.1) is 0 Å². The molecule has 0 aromatic heterocycles. The molecule has 3 aliphatic heterocycles. The third-order valence-corrected chi connectivity index (χ3v) is 9.46. The minimum Gasteiger partial charge on any atom is -0.496 e. The van der Waals surface area contributed by atoms with E-state index in [1.54, 1.807) is 12.1 Å². The first kappa shape index (κ1) is 25.3. The van der Waals surface area contributed by atoms with Crippen LogP contribution in [0.15, 0.2) is 35.2 Å². The fourth-order valence-electron chi connectivity index (χ4n) is 5.53. The van der Waals surface area contributed by atoms with E-state index >= 15 is 0 Å². The Hall–Kier alpha value is -3.31. The van der Waals surface area contributed by atoms with Crippen LogP contribution in [0.1, 0.15) is 58.6 Å². The van der Waals surface area contributed by atoms with Crippen LogP contribution in [0.2, 0.25) is 0 Å². The Morgan fingerprint density at radius 2 is 1.78 bits per heavy atom. The highest BCUT2D eigenvalue weighted by Crippen LogP contribution is 2.38. The van der Waals surface area contributed by atoms with E-state index in [1.165, 1.54) is 34.5 Å². The molecule has 0 radical (unpaired) electrons. The summed E-state index contributed by atoms with van der Waals surface area (Å²) in [6.45, 7) is 2.49. The smallest absolute Gasteiger partial charge is 0.255 e. The molecule has 37 heavy (non-hydrogen) atoms. The summed E-state index contributed by atoms with van der Waals surface area (Å²) in [4.78, 5) is 38.6. The number of methoxy groups -OCH3 is 1. The minimum absolute atomic E-state index is 0.136. The van der Waals surface area contributed by atoms with Crippen LogP contribution >= 0.6 is 0 Å². The van der Waals surface area contributed by atoms with E-state index < -0.39 is 33.7 Å². The maximum atomic E-state index is 14.6. The molecule has 3 heterocycles. The maximum absolute atomic E-state index is 14.6. The van der Waals surface area contributed by atoms with Crippen LogP contribution in [0.25, 0.3) is 0 Å². The number of aryl methyl sites for hydroxylation is 1. The summed E-state index contributed by atoms with van der Waals surface area (Å²) in [6, 6.07) is 6.61. The predicted molar refractivity (Wildman–Crippen MR) is 131 cm³/mol. The maximum Gasteiger partial charge on any atom is 0.255 e. The van der Waals surface area contributed by atoms with Crippen molar-refractivity contribution in [3.63, 3.8) is 0 Å². The van der Waals surface area contributed by atoms with Crippen molar-refractivity contribution in [1.82, 2.24) is 14.5 Å². The number of hydrogen-bond acceptors (Lipinski definition) is 6. The van der Waals surface area contributed by atoms with Gasteiger partial charge in [0.25, 0.3) is 5.91 Å². The molecular formula is C26H28FN3O6S. The molecule has 2 fully saturated rings. The minimum atomic E-state index is -3.73. The average Bonchev–Trinajstić information content (AvgIpc) is 3.19. The molecule has 3 aliphatic rings. The van der Waals surface area contributed by atoms with Gasteiger partial charge in [-0.3, -0.25) is 19.7 Å². The van der Waals surface area contributed by atoms with Crippen molar-refractivity contribution < 1.29 is 31.9 Å². The number of carbonyl (C=O) groups excluding carboxylic acids is 3. The number of rotatable bonds is 5. The van der Waals surface area contributed by atoms with E-state index in [1.807, 2.05) is 6.92 Å². The Morgan fingerprint density at radius 1 is 1.05 bits per heavy atom. The second-order valence-corrected chi connectivity index (χ2v) is 11.7. The number of sulfonamides is 1. The molecule has 9 nitrogen and oxygen atoms in total. The number of benzene rings is 2. The van der Waals surface area contributed by atoms with Crippen molar-refractivity contribution in [2.24, 2.45) is 0 Å². The number of carbonyl (C=O) groups is 3. The molecule has 0 spiro atoms. The van der Waals surface area contributed by atoms with Gasteiger partial charge in [0.2, 0.25) is 21.8 Å². The Morgan fingerprint density at radius 3 is 2.46 bits per heavy atom. The number of ether oxygens (including phenoxy) is 1. The van der Waals surface area contributed by atoms with Crippen molar-refractivity contribution >= 4 is 27.7 Å². The van der Waals surface area contributed by atoms with Gasteiger partial charge < -0.3 is 9.64 Å². The number of nitrogens with one attached hydrogen (secondary N) is 1. The monoisotopic (exact) mass is 529 g/mol. The molecule has 2 aromatic rings. The highest BCUT2D eigenvalue weighted by atomic mass is 32.2. The molecule has 2 saturated heterocycles. The van der Waals surface area contributed by atoms with Gasteiger partial charge >= 0.3 is 0 Å². The summed E-state index contributed by atoms with van der Waals surface area (Å²) in [5.74, 6) is -1.52. The summed E-state index contributed by atoms with van der Waals surface area (Å²) >= 11 is 0. The van der Waals surface area contributed by atoms with Crippen molar-refractivity contribution in [1.29, 1.82) is 0 Å². The van der Waals surface area contributed by atoms with Crippen molar-refractivity contribution in [3.05, 3.63) is 58.4 Å². The number of piperidine rings is 2. The van der Waals surface area contributed by atoms with Crippen LogP contribution in [0.5, 0.6) is 5.75 Å². The van der Waals surface area contributed by atoms with Gasteiger partial charge in [-0.25, -0.2) is 12.8 Å². The molecule has 0 saturated carbocycles. The second kappa shape index (κ2) is 9.53. The molecule has 2 aromatic carbocycles. The molecule has 1 N–H and O–H groups in total. The van der Waals surface area contributed by atoms with E-state index in [0.717, 1.165) is 5.56 Å². The Balaban J connectivity index is 1.35. The molecule has 1 unspecified atom stereocenters. The second-order valence-electron chi connectivity index (χ2n) is 9.73. The zero-order valence-electron chi connectivity index (χ0n) is 20.6. The van der Waals surface area contributed by atoms with Crippen LogP contribution in [-0.2, 0) is 26.2 Å². The van der Waals surface area contributed by atoms with Gasteiger partial charge in [0, 0.05) is 37.7 Å². The third-order valence-electron chi connectivity index (χ3n) is 7.57.